The van der Waals surface area contributed by atoms with Crippen molar-refractivity contribution in [3.63, 3.8) is 0 Å². The van der Waals surface area contributed by atoms with Gasteiger partial charge in [-0.05, 0) is 65.6 Å². The zero-order valence-electron chi connectivity index (χ0n) is 19.4. The van der Waals surface area contributed by atoms with Crippen LogP contribution in [0.25, 0.3) is 22.0 Å². The van der Waals surface area contributed by atoms with E-state index in [9.17, 15) is 22.0 Å². The Morgan fingerprint density at radius 2 is 1.56 bits per heavy atom. The molecule has 0 fully saturated rings. The molecule has 0 aliphatic rings. The highest BCUT2D eigenvalue weighted by molar-refractivity contribution is 5.88. The van der Waals surface area contributed by atoms with E-state index < -0.39 is 36.0 Å². The Balaban J connectivity index is 1.50. The van der Waals surface area contributed by atoms with Gasteiger partial charge in [-0.15, -0.1) is 0 Å². The van der Waals surface area contributed by atoms with Crippen LogP contribution in [-0.2, 0) is 19.3 Å². The Labute approximate surface area is 204 Å². The van der Waals surface area contributed by atoms with Gasteiger partial charge in [0.25, 0.3) is 0 Å². The molecule has 3 aromatic carbocycles. The van der Waals surface area contributed by atoms with Gasteiger partial charge < -0.3 is 4.74 Å². The topological polar surface area (TPSA) is 22.1 Å². The summed E-state index contributed by atoms with van der Waals surface area (Å²) in [6.07, 6.45) is -0.666. The van der Waals surface area contributed by atoms with Gasteiger partial charge in [0, 0.05) is 17.1 Å². The lowest BCUT2D eigenvalue weighted by Crippen LogP contribution is -2.20. The third-order valence-electron chi connectivity index (χ3n) is 5.81. The van der Waals surface area contributed by atoms with Gasteiger partial charge in [0.05, 0.1) is 5.69 Å². The number of hydrogen-bond acceptors (Lipinski definition) is 2. The van der Waals surface area contributed by atoms with Crippen LogP contribution in [0.2, 0.25) is 0 Å². The number of fused-ring (bicyclic) bond motifs is 1. The van der Waals surface area contributed by atoms with Gasteiger partial charge in [0.1, 0.15) is 5.82 Å². The minimum absolute atomic E-state index is 0.0852. The third-order valence-corrected chi connectivity index (χ3v) is 5.81. The van der Waals surface area contributed by atoms with Gasteiger partial charge in [-0.25, -0.2) is 13.2 Å². The first-order chi connectivity index (χ1) is 17.1. The molecule has 0 amide bonds. The monoisotopic (exact) mass is 503 g/mol. The Hall–Kier alpha value is -3.55. The number of rotatable bonds is 8. The van der Waals surface area contributed by atoms with E-state index in [4.69, 9.17) is 0 Å². The number of aryl methyl sites for hydroxylation is 3. The molecule has 0 spiro atoms. The fraction of sp³-hybridized carbons (Fsp3) is 0.250. The highest BCUT2D eigenvalue weighted by Gasteiger charge is 2.30. The van der Waals surface area contributed by atoms with Crippen molar-refractivity contribution in [3.05, 3.63) is 94.9 Å². The second-order valence-corrected chi connectivity index (χ2v) is 8.57. The summed E-state index contributed by atoms with van der Waals surface area (Å²) in [4.78, 5) is 4.50. The number of nitrogens with zero attached hydrogens (tertiary/aromatic N) is 1. The van der Waals surface area contributed by atoms with Crippen LogP contribution < -0.4 is 4.74 Å². The number of hydrogen-bond donors (Lipinski definition) is 0. The van der Waals surface area contributed by atoms with Crippen LogP contribution in [0, 0.1) is 17.5 Å². The third kappa shape index (κ3) is 5.98. The van der Waals surface area contributed by atoms with E-state index in [0.717, 1.165) is 41.8 Å². The maximum absolute atomic E-state index is 15.2. The zero-order chi connectivity index (χ0) is 25.9. The molecule has 4 aromatic rings. The van der Waals surface area contributed by atoms with Crippen molar-refractivity contribution in [2.24, 2.45) is 0 Å². The van der Waals surface area contributed by atoms with Crippen LogP contribution in [0.1, 0.15) is 30.0 Å². The number of benzene rings is 3. The molecule has 0 radical (unpaired) electrons. The maximum atomic E-state index is 15.2. The van der Waals surface area contributed by atoms with Crippen LogP contribution in [0.15, 0.2) is 60.8 Å². The lowest BCUT2D eigenvalue weighted by atomic mass is 9.98. The first kappa shape index (κ1) is 25.5. The van der Waals surface area contributed by atoms with Crippen molar-refractivity contribution in [2.75, 3.05) is 6.61 Å². The summed E-state index contributed by atoms with van der Waals surface area (Å²) in [7, 11) is 0. The summed E-state index contributed by atoms with van der Waals surface area (Å²) in [6, 6.07) is 14.5. The SMILES string of the molecule is CCCc1ccc(-c2ccc3c(F)c(CCc4cc(F)c(OCC(F)(F)F)c(F)c4)ccc3c2)nc1. The average molecular weight is 503 g/mol. The first-order valence-corrected chi connectivity index (χ1v) is 11.5. The second kappa shape index (κ2) is 10.6. The molecule has 188 valence electrons. The van der Waals surface area contributed by atoms with Crippen LogP contribution in [0.5, 0.6) is 5.75 Å². The van der Waals surface area contributed by atoms with Crippen molar-refractivity contribution in [1.29, 1.82) is 0 Å². The maximum Gasteiger partial charge on any atom is 0.422 e. The quantitative estimate of drug-likeness (QED) is 0.227. The summed E-state index contributed by atoms with van der Waals surface area (Å²) in [5.41, 5.74) is 3.33. The number of alkyl halides is 3. The Kier molecular flexibility index (Phi) is 7.52. The van der Waals surface area contributed by atoms with Gasteiger partial charge in [-0.3, -0.25) is 4.98 Å². The van der Waals surface area contributed by atoms with Crippen LogP contribution >= 0.6 is 0 Å². The lowest BCUT2D eigenvalue weighted by Gasteiger charge is -2.12. The predicted molar refractivity (Wildman–Crippen MR) is 126 cm³/mol. The number of halogens is 6. The van der Waals surface area contributed by atoms with Gasteiger partial charge in [0.2, 0.25) is 0 Å². The van der Waals surface area contributed by atoms with E-state index in [0.29, 0.717) is 16.3 Å². The molecular weight excluding hydrogens is 480 g/mol. The van der Waals surface area contributed by atoms with Gasteiger partial charge >= 0.3 is 6.18 Å². The summed E-state index contributed by atoms with van der Waals surface area (Å²) in [5, 5.41) is 1.10. The fourth-order valence-electron chi connectivity index (χ4n) is 4.05. The number of aromatic nitrogens is 1. The zero-order valence-corrected chi connectivity index (χ0v) is 19.4. The fourth-order valence-corrected chi connectivity index (χ4v) is 4.05. The standard InChI is InChI=1S/C28H23F6NO/c1-2-3-17-5-11-25(35-15-17)21-9-10-22-20(14-21)8-7-19(26(22)31)6-4-18-12-23(29)27(24(30)13-18)36-16-28(32,33)34/h5,7-15H,2-4,6,16H2,1H3. The van der Waals surface area contributed by atoms with E-state index in [1.165, 1.54) is 0 Å². The van der Waals surface area contributed by atoms with Crippen molar-refractivity contribution in [3.8, 4) is 17.0 Å². The first-order valence-electron chi connectivity index (χ1n) is 11.5. The molecule has 0 saturated carbocycles. The van der Waals surface area contributed by atoms with Gasteiger partial charge in [-0.1, -0.05) is 43.7 Å². The van der Waals surface area contributed by atoms with E-state index in [1.54, 1.807) is 24.3 Å². The normalized spacial score (nSPS) is 11.8. The summed E-state index contributed by atoms with van der Waals surface area (Å²) < 4.78 is 84.5. The van der Waals surface area contributed by atoms with Crippen LogP contribution in [0.4, 0.5) is 26.3 Å². The van der Waals surface area contributed by atoms with Crippen molar-refractivity contribution in [2.45, 2.75) is 38.8 Å². The van der Waals surface area contributed by atoms with Crippen molar-refractivity contribution in [1.82, 2.24) is 4.98 Å². The molecule has 0 bridgehead atoms. The predicted octanol–water partition coefficient (Wildman–Crippen LogP) is 8.00. The van der Waals surface area contributed by atoms with Crippen LogP contribution in [-0.4, -0.2) is 17.8 Å². The number of pyridine rings is 1. The number of ether oxygens (including phenoxy) is 1. The molecule has 4 rings (SSSR count). The molecule has 0 N–H and O–H groups in total. The highest BCUT2D eigenvalue weighted by Crippen LogP contribution is 2.29. The minimum Gasteiger partial charge on any atom is -0.478 e. The van der Waals surface area contributed by atoms with Gasteiger partial charge in [0.15, 0.2) is 24.0 Å². The molecule has 1 heterocycles. The Morgan fingerprint density at radius 1 is 0.806 bits per heavy atom. The Morgan fingerprint density at radius 3 is 2.19 bits per heavy atom. The van der Waals surface area contributed by atoms with E-state index in [1.807, 2.05) is 24.4 Å². The molecule has 8 heteroatoms. The molecule has 0 aliphatic carbocycles. The lowest BCUT2D eigenvalue weighted by molar-refractivity contribution is -0.154. The van der Waals surface area contributed by atoms with E-state index in [-0.39, 0.29) is 18.4 Å². The van der Waals surface area contributed by atoms with E-state index >= 15 is 4.39 Å². The molecule has 36 heavy (non-hydrogen) atoms. The largest absolute Gasteiger partial charge is 0.478 e. The molecule has 0 unspecified atom stereocenters. The summed E-state index contributed by atoms with van der Waals surface area (Å²) >= 11 is 0. The van der Waals surface area contributed by atoms with Crippen molar-refractivity contribution >= 4 is 10.8 Å². The molecule has 1 aromatic heterocycles. The minimum atomic E-state index is -4.72. The molecule has 0 aliphatic heterocycles. The summed E-state index contributed by atoms with van der Waals surface area (Å²) in [5.74, 6) is -4.00. The molecule has 2 nitrogen and oxygen atoms in total. The Bertz CT molecular complexity index is 1340. The van der Waals surface area contributed by atoms with Crippen LogP contribution in [0.3, 0.4) is 0 Å². The average Bonchev–Trinajstić information content (AvgIpc) is 2.83. The van der Waals surface area contributed by atoms with E-state index in [2.05, 4.69) is 16.6 Å². The molecule has 0 saturated heterocycles. The van der Waals surface area contributed by atoms with Crippen molar-refractivity contribution < 1.29 is 31.1 Å². The second-order valence-electron chi connectivity index (χ2n) is 8.57. The molecular formula is C28H23F6NO. The smallest absolute Gasteiger partial charge is 0.422 e. The summed E-state index contributed by atoms with van der Waals surface area (Å²) in [6.45, 7) is 0.300. The molecule has 0 atom stereocenters. The highest BCUT2D eigenvalue weighted by atomic mass is 19.4. The van der Waals surface area contributed by atoms with Gasteiger partial charge in [-0.2, -0.15) is 13.2 Å².